The molecular weight excluding hydrogens is 328 g/mol. The van der Waals surface area contributed by atoms with E-state index < -0.39 is 6.10 Å². The van der Waals surface area contributed by atoms with Gasteiger partial charge in [-0.05, 0) is 23.3 Å². The molecule has 2 rings (SSSR count). The van der Waals surface area contributed by atoms with Crippen molar-refractivity contribution in [2.45, 2.75) is 39.0 Å². The van der Waals surface area contributed by atoms with Crippen molar-refractivity contribution in [2.75, 3.05) is 13.2 Å². The van der Waals surface area contributed by atoms with Crippen molar-refractivity contribution in [1.29, 1.82) is 0 Å². The van der Waals surface area contributed by atoms with Gasteiger partial charge in [-0.25, -0.2) is 0 Å². The van der Waals surface area contributed by atoms with Gasteiger partial charge in [0.15, 0.2) is 0 Å². The molecule has 0 bridgehead atoms. The van der Waals surface area contributed by atoms with Gasteiger partial charge in [0.25, 0.3) is 0 Å². The summed E-state index contributed by atoms with van der Waals surface area (Å²) in [5.41, 5.74) is 2.00. The summed E-state index contributed by atoms with van der Waals surface area (Å²) in [6, 6.07) is 17.5. The second-order valence-electron chi connectivity index (χ2n) is 6.61. The third-order valence-electron chi connectivity index (χ3n) is 3.82. The van der Waals surface area contributed by atoms with Gasteiger partial charge in [0.2, 0.25) is 5.91 Å². The molecular formula is C21H28N2O3. The van der Waals surface area contributed by atoms with Gasteiger partial charge in [0.1, 0.15) is 18.5 Å². The van der Waals surface area contributed by atoms with Crippen molar-refractivity contribution in [3.05, 3.63) is 65.7 Å². The average molecular weight is 356 g/mol. The Labute approximate surface area is 155 Å². The van der Waals surface area contributed by atoms with E-state index in [4.69, 9.17) is 4.74 Å². The van der Waals surface area contributed by atoms with Gasteiger partial charge in [0, 0.05) is 19.1 Å². The first kappa shape index (κ1) is 19.9. The number of rotatable bonds is 10. The van der Waals surface area contributed by atoms with Crippen LogP contribution in [0.5, 0.6) is 5.75 Å². The summed E-state index contributed by atoms with van der Waals surface area (Å²) in [5, 5.41) is 15.9. The minimum Gasteiger partial charge on any atom is -0.491 e. The van der Waals surface area contributed by atoms with Crippen molar-refractivity contribution in [2.24, 2.45) is 0 Å². The molecule has 5 nitrogen and oxygen atoms in total. The number of aliphatic hydroxyl groups is 1. The van der Waals surface area contributed by atoms with E-state index in [0.717, 1.165) is 11.1 Å². The Morgan fingerprint density at radius 1 is 1.04 bits per heavy atom. The van der Waals surface area contributed by atoms with Crippen LogP contribution in [0.4, 0.5) is 0 Å². The molecule has 0 heterocycles. The van der Waals surface area contributed by atoms with E-state index in [1.165, 1.54) is 0 Å². The van der Waals surface area contributed by atoms with Gasteiger partial charge in [-0.15, -0.1) is 0 Å². The third kappa shape index (κ3) is 7.68. The van der Waals surface area contributed by atoms with E-state index in [-0.39, 0.29) is 12.5 Å². The van der Waals surface area contributed by atoms with Crippen molar-refractivity contribution in [3.8, 4) is 5.75 Å². The quantitative estimate of drug-likeness (QED) is 0.611. The van der Waals surface area contributed by atoms with E-state index in [9.17, 15) is 9.90 Å². The summed E-state index contributed by atoms with van der Waals surface area (Å²) in [6.45, 7) is 5.32. The van der Waals surface area contributed by atoms with Crippen LogP contribution < -0.4 is 15.4 Å². The zero-order chi connectivity index (χ0) is 18.8. The normalized spacial score (nSPS) is 12.0. The predicted molar refractivity (Wildman–Crippen MR) is 103 cm³/mol. The topological polar surface area (TPSA) is 70.6 Å². The fourth-order valence-corrected chi connectivity index (χ4v) is 2.37. The monoisotopic (exact) mass is 356 g/mol. The number of nitrogens with one attached hydrogen (secondary N) is 2. The first-order chi connectivity index (χ1) is 12.5. The SMILES string of the molecule is CC(C)NCC(O)COc1ccc(CC(=O)NCc2ccccc2)cc1. The number of carbonyl (C=O) groups is 1. The van der Waals surface area contributed by atoms with Crippen LogP contribution in [-0.4, -0.2) is 36.3 Å². The highest BCUT2D eigenvalue weighted by Gasteiger charge is 2.07. The Kier molecular flexibility index (Phi) is 8.12. The number of ether oxygens (including phenoxy) is 1. The third-order valence-corrected chi connectivity index (χ3v) is 3.82. The zero-order valence-corrected chi connectivity index (χ0v) is 15.4. The molecule has 0 fully saturated rings. The van der Waals surface area contributed by atoms with E-state index in [1.54, 1.807) is 0 Å². The summed E-state index contributed by atoms with van der Waals surface area (Å²) >= 11 is 0. The van der Waals surface area contributed by atoms with Crippen molar-refractivity contribution in [3.63, 3.8) is 0 Å². The Bertz CT molecular complexity index is 657. The number of hydrogen-bond acceptors (Lipinski definition) is 4. The molecule has 2 aromatic carbocycles. The van der Waals surface area contributed by atoms with Crippen molar-refractivity contribution in [1.82, 2.24) is 10.6 Å². The fourth-order valence-electron chi connectivity index (χ4n) is 2.37. The Morgan fingerprint density at radius 3 is 2.38 bits per heavy atom. The second kappa shape index (κ2) is 10.6. The summed E-state index contributed by atoms with van der Waals surface area (Å²) in [4.78, 5) is 12.0. The Balaban J connectivity index is 1.72. The van der Waals surface area contributed by atoms with Crippen LogP contribution in [0.1, 0.15) is 25.0 Å². The van der Waals surface area contributed by atoms with Crippen LogP contribution >= 0.6 is 0 Å². The molecule has 0 aliphatic heterocycles. The average Bonchev–Trinajstić information content (AvgIpc) is 2.65. The first-order valence-corrected chi connectivity index (χ1v) is 8.96. The molecule has 26 heavy (non-hydrogen) atoms. The Morgan fingerprint density at radius 2 is 1.73 bits per heavy atom. The van der Waals surface area contributed by atoms with Gasteiger partial charge in [-0.3, -0.25) is 4.79 Å². The number of aliphatic hydroxyl groups excluding tert-OH is 1. The van der Waals surface area contributed by atoms with E-state index >= 15 is 0 Å². The molecule has 0 radical (unpaired) electrons. The van der Waals surface area contributed by atoms with Gasteiger partial charge in [-0.2, -0.15) is 0 Å². The molecule has 0 aliphatic carbocycles. The predicted octanol–water partition coefficient (Wildman–Crippen LogP) is 2.28. The van der Waals surface area contributed by atoms with E-state index in [1.807, 2.05) is 68.4 Å². The maximum absolute atomic E-state index is 12.0. The highest BCUT2D eigenvalue weighted by molar-refractivity contribution is 5.78. The van der Waals surface area contributed by atoms with Crippen LogP contribution in [0.25, 0.3) is 0 Å². The minimum absolute atomic E-state index is 0.0160. The molecule has 2 aromatic rings. The number of benzene rings is 2. The molecule has 0 saturated heterocycles. The zero-order valence-electron chi connectivity index (χ0n) is 15.4. The highest BCUT2D eigenvalue weighted by Crippen LogP contribution is 2.13. The summed E-state index contributed by atoms with van der Waals surface area (Å²) in [5.74, 6) is 0.666. The number of amides is 1. The second-order valence-corrected chi connectivity index (χ2v) is 6.61. The molecule has 3 N–H and O–H groups in total. The summed E-state index contributed by atoms with van der Waals surface area (Å²) in [6.07, 6.45) is -0.227. The van der Waals surface area contributed by atoms with Gasteiger partial charge < -0.3 is 20.5 Å². The van der Waals surface area contributed by atoms with Crippen LogP contribution in [0.3, 0.4) is 0 Å². The maximum atomic E-state index is 12.0. The lowest BCUT2D eigenvalue weighted by Gasteiger charge is -2.15. The molecule has 5 heteroatoms. The standard InChI is InChI=1S/C21H28N2O3/c1-16(2)22-14-19(24)15-26-20-10-8-17(9-11-20)12-21(25)23-13-18-6-4-3-5-7-18/h3-11,16,19,22,24H,12-15H2,1-2H3,(H,23,25). The van der Waals surface area contributed by atoms with Crippen LogP contribution in [0.15, 0.2) is 54.6 Å². The number of hydrogen-bond donors (Lipinski definition) is 3. The molecule has 1 atom stereocenters. The fraction of sp³-hybridized carbons (Fsp3) is 0.381. The van der Waals surface area contributed by atoms with Gasteiger partial charge >= 0.3 is 0 Å². The lowest BCUT2D eigenvalue weighted by atomic mass is 10.1. The van der Waals surface area contributed by atoms with Gasteiger partial charge in [-0.1, -0.05) is 56.3 Å². The lowest BCUT2D eigenvalue weighted by molar-refractivity contribution is -0.120. The molecule has 1 amide bonds. The smallest absolute Gasteiger partial charge is 0.224 e. The van der Waals surface area contributed by atoms with Crippen LogP contribution in [0.2, 0.25) is 0 Å². The van der Waals surface area contributed by atoms with Crippen LogP contribution in [-0.2, 0) is 17.8 Å². The molecule has 140 valence electrons. The highest BCUT2D eigenvalue weighted by atomic mass is 16.5. The largest absolute Gasteiger partial charge is 0.491 e. The lowest BCUT2D eigenvalue weighted by Crippen LogP contribution is -2.35. The minimum atomic E-state index is -0.555. The maximum Gasteiger partial charge on any atom is 0.224 e. The number of carbonyl (C=O) groups excluding carboxylic acids is 1. The summed E-state index contributed by atoms with van der Waals surface area (Å²) in [7, 11) is 0. The van der Waals surface area contributed by atoms with E-state index in [2.05, 4.69) is 10.6 Å². The molecule has 0 aromatic heterocycles. The van der Waals surface area contributed by atoms with Gasteiger partial charge in [0.05, 0.1) is 6.42 Å². The van der Waals surface area contributed by atoms with E-state index in [0.29, 0.717) is 31.3 Å². The molecule has 0 spiro atoms. The molecule has 0 aliphatic rings. The summed E-state index contributed by atoms with van der Waals surface area (Å²) < 4.78 is 5.57. The molecule has 1 unspecified atom stereocenters. The first-order valence-electron chi connectivity index (χ1n) is 8.96. The molecule has 0 saturated carbocycles. The van der Waals surface area contributed by atoms with Crippen molar-refractivity contribution < 1.29 is 14.6 Å². The van der Waals surface area contributed by atoms with Crippen molar-refractivity contribution >= 4 is 5.91 Å². The van der Waals surface area contributed by atoms with Crippen LogP contribution in [0, 0.1) is 0 Å². The Hall–Kier alpha value is -2.37.